The predicted molar refractivity (Wildman–Crippen MR) is 97.3 cm³/mol. The maximum absolute atomic E-state index is 12.3. The smallest absolute Gasteiger partial charge is 0.137 e. The molecule has 1 N–H and O–H groups in total. The van der Waals surface area contributed by atoms with E-state index in [0.29, 0.717) is 23.4 Å². The minimum absolute atomic E-state index is 0.102. The van der Waals surface area contributed by atoms with E-state index in [1.807, 2.05) is 12.1 Å². The standard InChI is InChI=1S/C21H31NO2/c1-16-15-22(12-10-20(24)17-6-3-4-7-17)13-11-21(16,2)18-8-5-9-19(23)14-18/h5,8-9,14,16-17,23H,3-4,6-7,10-13,15H2,1-2H3. The van der Waals surface area contributed by atoms with Crippen LogP contribution in [0, 0.1) is 11.8 Å². The van der Waals surface area contributed by atoms with Crippen LogP contribution in [0.25, 0.3) is 0 Å². The molecule has 24 heavy (non-hydrogen) atoms. The number of aromatic hydroxyl groups is 1. The lowest BCUT2D eigenvalue weighted by molar-refractivity contribution is -0.123. The van der Waals surface area contributed by atoms with Crippen molar-refractivity contribution in [2.24, 2.45) is 11.8 Å². The first-order valence-corrected chi connectivity index (χ1v) is 9.53. The molecule has 2 unspecified atom stereocenters. The van der Waals surface area contributed by atoms with Crippen LogP contribution in [0.1, 0.15) is 57.9 Å². The number of piperidine rings is 1. The molecule has 0 spiro atoms. The van der Waals surface area contributed by atoms with Gasteiger partial charge in [-0.25, -0.2) is 0 Å². The van der Waals surface area contributed by atoms with Gasteiger partial charge >= 0.3 is 0 Å². The third-order valence-electron chi connectivity index (χ3n) is 6.56. The fraction of sp³-hybridized carbons (Fsp3) is 0.667. The molecule has 1 aromatic carbocycles. The zero-order valence-corrected chi connectivity index (χ0v) is 15.1. The van der Waals surface area contributed by atoms with Crippen LogP contribution >= 0.6 is 0 Å². The minimum atomic E-state index is 0.102. The third-order valence-corrected chi connectivity index (χ3v) is 6.56. The number of rotatable bonds is 5. The Hall–Kier alpha value is -1.35. The molecule has 1 aliphatic heterocycles. The first kappa shape index (κ1) is 17.5. The average molecular weight is 329 g/mol. The van der Waals surface area contributed by atoms with E-state index in [0.717, 1.165) is 45.3 Å². The lowest BCUT2D eigenvalue weighted by Gasteiger charge is -2.45. The number of ketones is 1. The number of benzene rings is 1. The zero-order chi connectivity index (χ0) is 17.2. The summed E-state index contributed by atoms with van der Waals surface area (Å²) < 4.78 is 0. The molecule has 1 aliphatic carbocycles. The first-order valence-electron chi connectivity index (χ1n) is 9.53. The van der Waals surface area contributed by atoms with E-state index >= 15 is 0 Å². The third kappa shape index (κ3) is 3.66. The SMILES string of the molecule is CC1CN(CCC(=O)C2CCCC2)CCC1(C)c1cccc(O)c1. The van der Waals surface area contributed by atoms with Gasteiger partial charge in [0.2, 0.25) is 0 Å². The van der Waals surface area contributed by atoms with Crippen LogP contribution in [0.15, 0.2) is 24.3 Å². The summed E-state index contributed by atoms with van der Waals surface area (Å²) in [6, 6.07) is 7.72. The van der Waals surface area contributed by atoms with E-state index in [4.69, 9.17) is 0 Å². The van der Waals surface area contributed by atoms with Gasteiger partial charge in [-0.1, -0.05) is 38.8 Å². The van der Waals surface area contributed by atoms with Gasteiger partial charge in [-0.2, -0.15) is 0 Å². The van der Waals surface area contributed by atoms with Gasteiger partial charge in [0.1, 0.15) is 11.5 Å². The summed E-state index contributed by atoms with van der Waals surface area (Å²) >= 11 is 0. The summed E-state index contributed by atoms with van der Waals surface area (Å²) in [5.41, 5.74) is 1.33. The Balaban J connectivity index is 1.55. The maximum atomic E-state index is 12.3. The molecule has 1 aromatic rings. The quantitative estimate of drug-likeness (QED) is 0.882. The van der Waals surface area contributed by atoms with Gasteiger partial charge < -0.3 is 10.0 Å². The molecule has 0 bridgehead atoms. The Labute approximate surface area is 146 Å². The fourth-order valence-electron chi connectivity index (χ4n) is 4.53. The topological polar surface area (TPSA) is 40.5 Å². The Bertz CT molecular complexity index is 579. The van der Waals surface area contributed by atoms with Gasteiger partial charge in [-0.05, 0) is 54.8 Å². The molecule has 0 radical (unpaired) electrons. The largest absolute Gasteiger partial charge is 0.508 e. The van der Waals surface area contributed by atoms with Gasteiger partial charge in [-0.15, -0.1) is 0 Å². The number of phenolic OH excluding ortho intramolecular Hbond substituents is 1. The number of Topliss-reactive ketones (excluding diaryl/α,β-unsaturated/α-hetero) is 1. The zero-order valence-electron chi connectivity index (χ0n) is 15.1. The molecule has 1 heterocycles. The van der Waals surface area contributed by atoms with Crippen LogP contribution in [0.3, 0.4) is 0 Å². The highest BCUT2D eigenvalue weighted by atomic mass is 16.3. The number of likely N-dealkylation sites (tertiary alicyclic amines) is 1. The minimum Gasteiger partial charge on any atom is -0.508 e. The van der Waals surface area contributed by atoms with Gasteiger partial charge in [0.15, 0.2) is 0 Å². The van der Waals surface area contributed by atoms with Gasteiger partial charge in [0, 0.05) is 25.4 Å². The molecule has 1 saturated carbocycles. The fourth-order valence-corrected chi connectivity index (χ4v) is 4.53. The summed E-state index contributed by atoms with van der Waals surface area (Å²) in [5, 5.41) is 9.80. The van der Waals surface area contributed by atoms with Crippen molar-refractivity contribution in [2.45, 2.75) is 57.8 Å². The molecule has 3 nitrogen and oxygen atoms in total. The molecular weight excluding hydrogens is 298 g/mol. The molecule has 0 aromatic heterocycles. The Morgan fingerprint density at radius 2 is 2.08 bits per heavy atom. The van der Waals surface area contributed by atoms with Crippen molar-refractivity contribution >= 4 is 5.78 Å². The van der Waals surface area contributed by atoms with Crippen LogP contribution in [-0.2, 0) is 10.2 Å². The van der Waals surface area contributed by atoms with Crippen LogP contribution < -0.4 is 0 Å². The van der Waals surface area contributed by atoms with Gasteiger partial charge in [0.05, 0.1) is 0 Å². The second-order valence-electron chi connectivity index (χ2n) is 8.12. The maximum Gasteiger partial charge on any atom is 0.137 e. The van der Waals surface area contributed by atoms with Crippen LogP contribution in [-0.4, -0.2) is 35.4 Å². The summed E-state index contributed by atoms with van der Waals surface area (Å²) in [6.45, 7) is 7.59. The van der Waals surface area contributed by atoms with Crippen molar-refractivity contribution in [1.29, 1.82) is 0 Å². The van der Waals surface area contributed by atoms with Crippen LogP contribution in [0.4, 0.5) is 0 Å². The molecule has 1 saturated heterocycles. The first-order chi connectivity index (χ1) is 11.5. The van der Waals surface area contributed by atoms with E-state index in [1.165, 1.54) is 18.4 Å². The number of nitrogens with zero attached hydrogens (tertiary/aromatic N) is 1. The Morgan fingerprint density at radius 3 is 2.75 bits per heavy atom. The van der Waals surface area contributed by atoms with Crippen molar-refractivity contribution in [3.05, 3.63) is 29.8 Å². The van der Waals surface area contributed by atoms with Crippen molar-refractivity contribution in [1.82, 2.24) is 4.90 Å². The summed E-state index contributed by atoms with van der Waals surface area (Å²) in [4.78, 5) is 14.8. The second-order valence-corrected chi connectivity index (χ2v) is 8.12. The monoisotopic (exact) mass is 329 g/mol. The van der Waals surface area contributed by atoms with Crippen molar-refractivity contribution in [3.63, 3.8) is 0 Å². The average Bonchev–Trinajstić information content (AvgIpc) is 3.10. The van der Waals surface area contributed by atoms with Crippen LogP contribution in [0.2, 0.25) is 0 Å². The van der Waals surface area contributed by atoms with E-state index in [1.54, 1.807) is 6.07 Å². The lowest BCUT2D eigenvalue weighted by atomic mass is 9.68. The van der Waals surface area contributed by atoms with E-state index in [-0.39, 0.29) is 5.41 Å². The molecular formula is C21H31NO2. The number of phenols is 1. The summed E-state index contributed by atoms with van der Waals surface area (Å²) in [6.07, 6.45) is 6.50. The number of carbonyl (C=O) groups excluding carboxylic acids is 1. The summed E-state index contributed by atoms with van der Waals surface area (Å²) in [5.74, 6) is 1.70. The van der Waals surface area contributed by atoms with Crippen molar-refractivity contribution in [3.8, 4) is 5.75 Å². The lowest BCUT2D eigenvalue weighted by Crippen LogP contribution is -2.47. The van der Waals surface area contributed by atoms with Crippen LogP contribution in [0.5, 0.6) is 5.75 Å². The molecule has 3 heteroatoms. The van der Waals surface area contributed by atoms with Crippen molar-refractivity contribution < 1.29 is 9.90 Å². The molecule has 3 rings (SSSR count). The Kier molecular flexibility index (Phi) is 5.29. The molecule has 2 atom stereocenters. The van der Waals surface area contributed by atoms with E-state index in [9.17, 15) is 9.90 Å². The van der Waals surface area contributed by atoms with E-state index in [2.05, 4.69) is 24.8 Å². The highest BCUT2D eigenvalue weighted by Gasteiger charge is 2.38. The van der Waals surface area contributed by atoms with Gasteiger partial charge in [-0.3, -0.25) is 4.79 Å². The molecule has 0 amide bonds. The number of hydrogen-bond acceptors (Lipinski definition) is 3. The van der Waals surface area contributed by atoms with E-state index < -0.39 is 0 Å². The molecule has 2 aliphatic rings. The Morgan fingerprint density at radius 1 is 1.33 bits per heavy atom. The highest BCUT2D eigenvalue weighted by molar-refractivity contribution is 5.81. The number of hydrogen-bond donors (Lipinski definition) is 1. The highest BCUT2D eigenvalue weighted by Crippen LogP contribution is 2.40. The molecule has 2 fully saturated rings. The predicted octanol–water partition coefficient (Wildman–Crippen LogP) is 4.14. The van der Waals surface area contributed by atoms with Gasteiger partial charge in [0.25, 0.3) is 0 Å². The summed E-state index contributed by atoms with van der Waals surface area (Å²) in [7, 11) is 0. The van der Waals surface area contributed by atoms with Crippen molar-refractivity contribution in [2.75, 3.05) is 19.6 Å². The second kappa shape index (κ2) is 7.26. The number of carbonyl (C=O) groups is 1. The normalized spacial score (nSPS) is 29.0. The molecule has 132 valence electrons.